The number of benzene rings is 2. The number of carbonyl (C=O) groups is 2. The molecular weight excluding hydrogens is 370 g/mol. The second-order valence-electron chi connectivity index (χ2n) is 5.93. The van der Waals surface area contributed by atoms with Gasteiger partial charge in [0.1, 0.15) is 5.75 Å². The molecule has 2 amide bonds. The molecule has 3 rings (SSSR count). The van der Waals surface area contributed by atoms with Crippen molar-refractivity contribution < 1.29 is 22.7 Å². The highest BCUT2D eigenvalue weighted by Crippen LogP contribution is 2.22. The first-order chi connectivity index (χ1) is 12.9. The van der Waals surface area contributed by atoms with E-state index in [4.69, 9.17) is 4.74 Å². The molecule has 0 unspecified atom stereocenters. The fourth-order valence-electron chi connectivity index (χ4n) is 2.71. The number of ether oxygens (including phenoxy) is 1. The van der Waals surface area contributed by atoms with E-state index in [9.17, 15) is 18.0 Å². The predicted molar refractivity (Wildman–Crippen MR) is 98.8 cm³/mol. The molecule has 27 heavy (non-hydrogen) atoms. The third kappa shape index (κ3) is 4.26. The summed E-state index contributed by atoms with van der Waals surface area (Å²) in [6.07, 6.45) is 1.29. The summed E-state index contributed by atoms with van der Waals surface area (Å²) in [5.74, 6) is 0.0136. The van der Waals surface area contributed by atoms with Crippen molar-refractivity contribution in [2.24, 2.45) is 0 Å². The van der Waals surface area contributed by atoms with Gasteiger partial charge in [0.25, 0.3) is 15.9 Å². The Hall–Kier alpha value is -2.91. The molecule has 142 valence electrons. The highest BCUT2D eigenvalue weighted by Gasteiger charge is 2.22. The third-order valence-electron chi connectivity index (χ3n) is 4.18. The quantitative estimate of drug-likeness (QED) is 0.728. The van der Waals surface area contributed by atoms with Gasteiger partial charge in [-0.2, -0.15) is 0 Å². The van der Waals surface area contributed by atoms with Crippen molar-refractivity contribution in [3.63, 3.8) is 0 Å². The smallest absolute Gasteiger partial charge is 0.266 e. The highest BCUT2D eigenvalue weighted by atomic mass is 32.2. The van der Waals surface area contributed by atoms with Crippen molar-refractivity contribution in [3.8, 4) is 5.75 Å². The van der Waals surface area contributed by atoms with Gasteiger partial charge in [-0.1, -0.05) is 0 Å². The molecule has 0 saturated carbocycles. The first-order valence-electron chi connectivity index (χ1n) is 8.27. The van der Waals surface area contributed by atoms with E-state index < -0.39 is 15.9 Å². The summed E-state index contributed by atoms with van der Waals surface area (Å²) in [6, 6.07) is 12.2. The van der Waals surface area contributed by atoms with Crippen molar-refractivity contribution in [2.75, 3.05) is 18.6 Å². The third-order valence-corrected chi connectivity index (χ3v) is 5.45. The van der Waals surface area contributed by atoms with Gasteiger partial charge in [-0.05, 0) is 55.0 Å². The van der Waals surface area contributed by atoms with E-state index in [-0.39, 0.29) is 16.4 Å². The molecule has 2 aromatic rings. The Kier molecular flexibility index (Phi) is 5.43. The minimum Gasteiger partial charge on any atom is -0.497 e. The van der Waals surface area contributed by atoms with Crippen LogP contribution in [-0.2, 0) is 14.8 Å². The maximum absolute atomic E-state index is 12.3. The Balaban J connectivity index is 1.65. The van der Waals surface area contributed by atoms with Crippen molar-refractivity contribution >= 4 is 27.5 Å². The fraction of sp³-hybridized carbons (Fsp3) is 0.222. The van der Waals surface area contributed by atoms with E-state index in [1.54, 1.807) is 29.2 Å². The minimum absolute atomic E-state index is 0.0204. The van der Waals surface area contributed by atoms with Crippen molar-refractivity contribution in [3.05, 3.63) is 54.1 Å². The minimum atomic E-state index is -3.94. The number of hydrogen-bond donors (Lipinski definition) is 2. The Morgan fingerprint density at radius 1 is 1.07 bits per heavy atom. The van der Waals surface area contributed by atoms with Gasteiger partial charge in [-0.3, -0.25) is 15.0 Å². The number of sulfonamides is 1. The summed E-state index contributed by atoms with van der Waals surface area (Å²) in [5, 5.41) is 0. The molecule has 1 saturated heterocycles. The SMILES string of the molecule is COc1ccc(C(=O)NNS(=O)(=O)c2ccc(N3CCCC3=O)cc2)cc1. The van der Waals surface area contributed by atoms with Gasteiger partial charge in [-0.25, -0.2) is 8.42 Å². The molecule has 1 aliphatic rings. The largest absolute Gasteiger partial charge is 0.497 e. The molecule has 1 heterocycles. The molecule has 0 spiro atoms. The Morgan fingerprint density at radius 3 is 2.30 bits per heavy atom. The Morgan fingerprint density at radius 2 is 1.74 bits per heavy atom. The monoisotopic (exact) mass is 389 g/mol. The zero-order valence-corrected chi connectivity index (χ0v) is 15.5. The van der Waals surface area contributed by atoms with Crippen LogP contribution in [0.3, 0.4) is 0 Å². The van der Waals surface area contributed by atoms with E-state index in [0.717, 1.165) is 6.42 Å². The lowest BCUT2D eigenvalue weighted by Crippen LogP contribution is -2.41. The maximum atomic E-state index is 12.3. The van der Waals surface area contributed by atoms with Crippen LogP contribution in [0.15, 0.2) is 53.4 Å². The van der Waals surface area contributed by atoms with Gasteiger partial charge < -0.3 is 9.64 Å². The van der Waals surface area contributed by atoms with Crippen LogP contribution in [0.1, 0.15) is 23.2 Å². The summed E-state index contributed by atoms with van der Waals surface area (Å²) >= 11 is 0. The number of rotatable bonds is 6. The number of nitrogens with one attached hydrogen (secondary N) is 2. The second-order valence-corrected chi connectivity index (χ2v) is 7.61. The molecule has 1 fully saturated rings. The Bertz CT molecular complexity index is 940. The van der Waals surface area contributed by atoms with E-state index in [0.29, 0.717) is 24.4 Å². The molecule has 2 aromatic carbocycles. The zero-order chi connectivity index (χ0) is 19.4. The lowest BCUT2D eigenvalue weighted by Gasteiger charge is -2.16. The first kappa shape index (κ1) is 18.9. The molecule has 1 aliphatic heterocycles. The number of carbonyl (C=O) groups excluding carboxylic acids is 2. The summed E-state index contributed by atoms with van der Waals surface area (Å²) in [4.78, 5) is 27.5. The Labute approximate surface area is 157 Å². The average Bonchev–Trinajstić information content (AvgIpc) is 3.12. The average molecular weight is 389 g/mol. The number of hydrazine groups is 1. The number of methoxy groups -OCH3 is 1. The van der Waals surface area contributed by atoms with Crippen LogP contribution in [-0.4, -0.2) is 33.9 Å². The topological polar surface area (TPSA) is 105 Å². The molecular formula is C18H19N3O5S. The van der Waals surface area contributed by atoms with Crippen LogP contribution in [0, 0.1) is 0 Å². The molecule has 2 N–H and O–H groups in total. The van der Waals surface area contributed by atoms with E-state index in [2.05, 4.69) is 10.3 Å². The van der Waals surface area contributed by atoms with Crippen LogP contribution in [0.25, 0.3) is 0 Å². The number of hydrogen-bond acceptors (Lipinski definition) is 5. The van der Waals surface area contributed by atoms with Gasteiger partial charge in [0.2, 0.25) is 5.91 Å². The molecule has 0 aromatic heterocycles. The molecule has 0 radical (unpaired) electrons. The lowest BCUT2D eigenvalue weighted by atomic mass is 10.2. The van der Waals surface area contributed by atoms with E-state index >= 15 is 0 Å². The lowest BCUT2D eigenvalue weighted by molar-refractivity contribution is -0.117. The second kappa shape index (κ2) is 7.77. The molecule has 9 heteroatoms. The number of nitrogens with zero attached hydrogens (tertiary/aromatic N) is 1. The maximum Gasteiger partial charge on any atom is 0.266 e. The standard InChI is InChI=1S/C18H19N3O5S/c1-26-15-8-4-13(5-9-15)18(23)19-20-27(24,25)16-10-6-14(7-11-16)21-12-2-3-17(21)22/h4-11,20H,2-3,12H2,1H3,(H,19,23). The number of amides is 2. The van der Waals surface area contributed by atoms with Crippen LogP contribution in [0.5, 0.6) is 5.75 Å². The van der Waals surface area contributed by atoms with Crippen molar-refractivity contribution in [1.82, 2.24) is 10.3 Å². The molecule has 0 atom stereocenters. The van der Waals surface area contributed by atoms with Gasteiger partial charge in [0.05, 0.1) is 12.0 Å². The van der Waals surface area contributed by atoms with Gasteiger partial charge >= 0.3 is 0 Å². The predicted octanol–water partition coefficient (Wildman–Crippen LogP) is 1.45. The van der Waals surface area contributed by atoms with Crippen LogP contribution in [0.2, 0.25) is 0 Å². The normalized spacial score (nSPS) is 14.3. The summed E-state index contributed by atoms with van der Waals surface area (Å²) in [7, 11) is -2.43. The van der Waals surface area contributed by atoms with Crippen molar-refractivity contribution in [2.45, 2.75) is 17.7 Å². The highest BCUT2D eigenvalue weighted by molar-refractivity contribution is 7.89. The van der Waals surface area contributed by atoms with Gasteiger partial charge in [0.15, 0.2) is 0 Å². The first-order valence-corrected chi connectivity index (χ1v) is 9.76. The summed E-state index contributed by atoms with van der Waals surface area (Å²) < 4.78 is 29.7. The van der Waals surface area contributed by atoms with Crippen LogP contribution < -0.4 is 19.9 Å². The summed E-state index contributed by atoms with van der Waals surface area (Å²) in [5.41, 5.74) is 3.10. The van der Waals surface area contributed by atoms with Gasteiger partial charge in [0, 0.05) is 24.2 Å². The van der Waals surface area contributed by atoms with Crippen LogP contribution in [0.4, 0.5) is 5.69 Å². The van der Waals surface area contributed by atoms with Crippen LogP contribution >= 0.6 is 0 Å². The summed E-state index contributed by atoms with van der Waals surface area (Å²) in [6.45, 7) is 0.626. The van der Waals surface area contributed by atoms with Gasteiger partial charge in [-0.15, -0.1) is 4.83 Å². The molecule has 0 bridgehead atoms. The molecule has 0 aliphatic carbocycles. The van der Waals surface area contributed by atoms with Crippen molar-refractivity contribution in [1.29, 1.82) is 0 Å². The zero-order valence-electron chi connectivity index (χ0n) is 14.6. The number of anilines is 1. The fourth-order valence-corrected chi connectivity index (χ4v) is 3.55. The van der Waals surface area contributed by atoms with E-state index in [1.807, 2.05) is 0 Å². The van der Waals surface area contributed by atoms with E-state index in [1.165, 1.54) is 31.4 Å². The molecule has 8 nitrogen and oxygen atoms in total.